The predicted octanol–water partition coefficient (Wildman–Crippen LogP) is 2.47. The van der Waals surface area contributed by atoms with Gasteiger partial charge < -0.3 is 0 Å². The van der Waals surface area contributed by atoms with Crippen molar-refractivity contribution in [3.8, 4) is 0 Å². The summed E-state index contributed by atoms with van der Waals surface area (Å²) < 4.78 is 32.5. The Bertz CT molecular complexity index is 719. The summed E-state index contributed by atoms with van der Waals surface area (Å²) in [4.78, 5) is 23.5. The molecule has 0 saturated heterocycles. The fourth-order valence-corrected chi connectivity index (χ4v) is 4.01. The van der Waals surface area contributed by atoms with Crippen molar-refractivity contribution in [1.82, 2.24) is 0 Å². The fraction of sp³-hybridized carbons (Fsp3) is 0.222. The number of hydrogen-bond donors (Lipinski definition) is 0. The van der Waals surface area contributed by atoms with E-state index in [2.05, 4.69) is 0 Å². The Morgan fingerprint density at radius 2 is 1.07 bits per heavy atom. The van der Waals surface area contributed by atoms with Crippen LogP contribution in [0.15, 0.2) is 60.7 Å². The van der Waals surface area contributed by atoms with Gasteiger partial charge in [0.15, 0.2) is 0 Å². The minimum atomic E-state index is -3.28. The standard InChI is InChI=1S/C18H20AsO7P/c19-27(22,25-13-11-23-17(20)15-7-3-1-4-8-15)26-14-12-24-18(21)16-9-5-2-6-10-16/h1-10H,11-14,19H2. The van der Waals surface area contributed by atoms with Gasteiger partial charge in [0.25, 0.3) is 0 Å². The van der Waals surface area contributed by atoms with E-state index in [1.165, 1.54) is 0 Å². The van der Waals surface area contributed by atoms with E-state index in [1.54, 1.807) is 60.7 Å². The molecule has 1 unspecified atom stereocenters. The van der Waals surface area contributed by atoms with Gasteiger partial charge in [0, 0.05) is 0 Å². The molecule has 2 rings (SSSR count). The van der Waals surface area contributed by atoms with Crippen molar-refractivity contribution in [3.05, 3.63) is 71.8 Å². The van der Waals surface area contributed by atoms with Gasteiger partial charge in [0.1, 0.15) is 0 Å². The summed E-state index contributed by atoms with van der Waals surface area (Å²) in [5.41, 5.74) is 0.857. The van der Waals surface area contributed by atoms with Crippen LogP contribution in [-0.2, 0) is 23.1 Å². The van der Waals surface area contributed by atoms with Gasteiger partial charge in [0.05, 0.1) is 0 Å². The van der Waals surface area contributed by atoms with Crippen LogP contribution >= 0.6 is 6.16 Å². The van der Waals surface area contributed by atoms with Crippen molar-refractivity contribution >= 4 is 34.5 Å². The Labute approximate surface area is 165 Å². The number of benzene rings is 2. The monoisotopic (exact) mass is 454 g/mol. The Morgan fingerprint density at radius 3 is 1.44 bits per heavy atom. The number of carbonyl (C=O) groups is 2. The van der Waals surface area contributed by atoms with Crippen LogP contribution in [-0.4, -0.2) is 54.8 Å². The first kappa shape index (κ1) is 21.4. The zero-order valence-corrected chi connectivity index (χ0v) is 17.8. The summed E-state index contributed by atoms with van der Waals surface area (Å²) in [6.45, 7) is -0.211. The quantitative estimate of drug-likeness (QED) is 0.236. The van der Waals surface area contributed by atoms with Gasteiger partial charge in [0.2, 0.25) is 0 Å². The molecule has 0 amide bonds. The first-order chi connectivity index (χ1) is 13.0. The maximum absolute atomic E-state index is 12.1. The van der Waals surface area contributed by atoms with Crippen molar-refractivity contribution in [2.45, 2.75) is 0 Å². The molecule has 0 N–H and O–H groups in total. The Hall–Kier alpha value is -1.91. The summed E-state index contributed by atoms with van der Waals surface area (Å²) in [6, 6.07) is 17.1. The summed E-state index contributed by atoms with van der Waals surface area (Å²) >= 11 is 0.783. The molecule has 2 aromatic rings. The third-order valence-electron chi connectivity index (χ3n) is 3.19. The number of hydrogen-bond acceptors (Lipinski definition) is 7. The molecule has 7 nitrogen and oxygen atoms in total. The second-order valence-electron chi connectivity index (χ2n) is 5.21. The number of rotatable bonds is 10. The molecule has 0 radical (unpaired) electrons. The Balaban J connectivity index is 1.60. The van der Waals surface area contributed by atoms with Crippen LogP contribution in [0.4, 0.5) is 0 Å². The van der Waals surface area contributed by atoms with Crippen LogP contribution in [0, 0.1) is 0 Å². The zero-order chi connectivity index (χ0) is 19.5. The minimum absolute atomic E-state index is 0.0476. The molecule has 0 bridgehead atoms. The molecule has 144 valence electrons. The van der Waals surface area contributed by atoms with E-state index in [9.17, 15) is 14.2 Å². The number of esters is 2. The van der Waals surface area contributed by atoms with Crippen LogP contribution in [0.5, 0.6) is 0 Å². The molecule has 0 fully saturated rings. The van der Waals surface area contributed by atoms with Crippen molar-refractivity contribution in [1.29, 1.82) is 0 Å². The normalized spacial score (nSPS) is 11.0. The van der Waals surface area contributed by atoms with Gasteiger partial charge in [-0.3, -0.25) is 0 Å². The van der Waals surface area contributed by atoms with Crippen LogP contribution < -0.4 is 0 Å². The van der Waals surface area contributed by atoms with Crippen LogP contribution in [0.1, 0.15) is 20.7 Å². The molecule has 9 heteroatoms. The number of carbonyl (C=O) groups excluding carboxylic acids is 2. The van der Waals surface area contributed by atoms with Crippen LogP contribution in [0.3, 0.4) is 0 Å². The fourth-order valence-electron chi connectivity index (χ4n) is 1.95. The molecule has 0 heterocycles. The number of ether oxygens (including phenoxy) is 2. The summed E-state index contributed by atoms with van der Waals surface area (Å²) in [7, 11) is 0. The van der Waals surface area contributed by atoms with E-state index < -0.39 is 18.1 Å². The molecule has 0 aromatic heterocycles. The van der Waals surface area contributed by atoms with Crippen molar-refractivity contribution in [3.63, 3.8) is 0 Å². The van der Waals surface area contributed by atoms with Gasteiger partial charge in [-0.05, 0) is 0 Å². The molecule has 0 aliphatic rings. The van der Waals surface area contributed by atoms with E-state index in [0.717, 1.165) is 16.4 Å². The van der Waals surface area contributed by atoms with Gasteiger partial charge in [-0.2, -0.15) is 0 Å². The molecule has 0 saturated carbocycles. The average Bonchev–Trinajstić information content (AvgIpc) is 2.69. The van der Waals surface area contributed by atoms with Crippen LogP contribution in [0.2, 0.25) is 0 Å². The second-order valence-corrected chi connectivity index (χ2v) is 10.8. The van der Waals surface area contributed by atoms with Gasteiger partial charge in [-0.25, -0.2) is 0 Å². The molecule has 2 aromatic carbocycles. The third-order valence-corrected chi connectivity index (χ3v) is 6.16. The Morgan fingerprint density at radius 1 is 0.704 bits per heavy atom. The van der Waals surface area contributed by atoms with E-state index in [-0.39, 0.29) is 26.4 Å². The first-order valence-corrected chi connectivity index (χ1v) is 13.0. The van der Waals surface area contributed by atoms with Crippen LogP contribution in [0.25, 0.3) is 0 Å². The third kappa shape index (κ3) is 8.10. The predicted molar refractivity (Wildman–Crippen MR) is 102 cm³/mol. The van der Waals surface area contributed by atoms with E-state index in [1.807, 2.05) is 0 Å². The summed E-state index contributed by atoms with van der Waals surface area (Å²) in [5, 5.41) is 0. The van der Waals surface area contributed by atoms with E-state index in [0.29, 0.717) is 11.1 Å². The molecule has 27 heavy (non-hydrogen) atoms. The van der Waals surface area contributed by atoms with Crippen molar-refractivity contribution in [2.24, 2.45) is 0 Å². The topological polar surface area (TPSA) is 88.1 Å². The maximum atomic E-state index is 12.1. The SMILES string of the molecule is O=C(OCCOP(=O)([AsH2])OCCOC(=O)c1ccccc1)c1ccccc1. The first-order valence-electron chi connectivity index (χ1n) is 8.10. The van der Waals surface area contributed by atoms with Gasteiger partial charge >= 0.3 is 165 Å². The molecular weight excluding hydrogens is 434 g/mol. The average molecular weight is 454 g/mol. The van der Waals surface area contributed by atoms with Crippen molar-refractivity contribution < 1.29 is 32.7 Å². The Kier molecular flexibility index (Phi) is 8.75. The molecule has 0 spiro atoms. The zero-order valence-electron chi connectivity index (χ0n) is 14.5. The molecular formula is C18H20AsO7P. The van der Waals surface area contributed by atoms with Gasteiger partial charge in [-0.15, -0.1) is 0 Å². The summed E-state index contributed by atoms with van der Waals surface area (Å²) in [6.07, 6.45) is -3.28. The van der Waals surface area contributed by atoms with E-state index in [4.69, 9.17) is 18.5 Å². The summed E-state index contributed by atoms with van der Waals surface area (Å²) in [5.74, 6) is -0.964. The molecule has 1 atom stereocenters. The molecule has 0 aliphatic heterocycles. The second kappa shape index (κ2) is 11.1. The van der Waals surface area contributed by atoms with Gasteiger partial charge in [-0.1, -0.05) is 0 Å². The van der Waals surface area contributed by atoms with Crippen molar-refractivity contribution in [2.75, 3.05) is 26.4 Å². The molecule has 0 aliphatic carbocycles. The van der Waals surface area contributed by atoms with E-state index >= 15 is 0 Å².